The van der Waals surface area contributed by atoms with Crippen molar-refractivity contribution in [3.05, 3.63) is 60.8 Å². The van der Waals surface area contributed by atoms with Crippen molar-refractivity contribution in [2.45, 2.75) is 19.4 Å². The van der Waals surface area contributed by atoms with Crippen LogP contribution in [0.15, 0.2) is 55.2 Å². The number of anilines is 3. The number of aryl methyl sites for hydroxylation is 2. The van der Waals surface area contributed by atoms with E-state index in [1.807, 2.05) is 54.9 Å². The second-order valence-electron chi connectivity index (χ2n) is 9.69. The minimum Gasteiger partial charge on any atom is -0.457 e. The molecule has 0 spiro atoms. The lowest BCUT2D eigenvalue weighted by molar-refractivity contribution is 0.179. The molecule has 3 aromatic heterocycles. The van der Waals surface area contributed by atoms with Gasteiger partial charge in [-0.25, -0.2) is 24.9 Å². The van der Waals surface area contributed by atoms with Crippen LogP contribution in [-0.4, -0.2) is 55.3 Å². The highest BCUT2D eigenvalue weighted by molar-refractivity contribution is 5.87. The van der Waals surface area contributed by atoms with Gasteiger partial charge in [0.05, 0.1) is 42.8 Å². The number of benzene rings is 2. The molecule has 7 rings (SSSR count). The summed E-state index contributed by atoms with van der Waals surface area (Å²) in [6.07, 6.45) is 6.21. The number of hydrogen-bond donors (Lipinski definition) is 1. The maximum absolute atomic E-state index is 6.17. The average Bonchev–Trinajstić information content (AvgIpc) is 3.62. The van der Waals surface area contributed by atoms with Gasteiger partial charge >= 0.3 is 0 Å². The summed E-state index contributed by atoms with van der Waals surface area (Å²) in [4.78, 5) is 25.0. The molecular formula is C27H26N8O2. The van der Waals surface area contributed by atoms with E-state index < -0.39 is 0 Å². The SMILES string of the molecule is Cc1cc(Nc2ncnc3cnc(N4CCC5COCC54)nc23)ccc1Oc1ccc2c(c1)ncn2C. The Labute approximate surface area is 213 Å². The van der Waals surface area contributed by atoms with E-state index in [0.29, 0.717) is 34.8 Å². The molecule has 2 atom stereocenters. The first kappa shape index (κ1) is 21.9. The number of nitrogens with one attached hydrogen (secondary N) is 1. The van der Waals surface area contributed by atoms with Crippen LogP contribution in [0.3, 0.4) is 0 Å². The molecule has 2 saturated heterocycles. The lowest BCUT2D eigenvalue weighted by atomic mass is 10.1. The second-order valence-corrected chi connectivity index (χ2v) is 9.69. The Hall–Kier alpha value is -4.31. The van der Waals surface area contributed by atoms with E-state index in [1.165, 1.54) is 6.33 Å². The normalized spacial score (nSPS) is 19.0. The Balaban J connectivity index is 1.14. The number of aromatic nitrogens is 6. The summed E-state index contributed by atoms with van der Waals surface area (Å²) in [6.45, 7) is 4.51. The Morgan fingerprint density at radius 1 is 1.03 bits per heavy atom. The Bertz CT molecular complexity index is 1630. The largest absolute Gasteiger partial charge is 0.457 e. The van der Waals surface area contributed by atoms with Crippen LogP contribution in [0.4, 0.5) is 17.5 Å². The number of nitrogens with zero attached hydrogens (tertiary/aromatic N) is 7. The summed E-state index contributed by atoms with van der Waals surface area (Å²) in [5.41, 5.74) is 5.23. The van der Waals surface area contributed by atoms with Crippen molar-refractivity contribution in [3.63, 3.8) is 0 Å². The van der Waals surface area contributed by atoms with Crippen molar-refractivity contribution >= 4 is 39.5 Å². The molecular weight excluding hydrogens is 468 g/mol. The summed E-state index contributed by atoms with van der Waals surface area (Å²) >= 11 is 0. The van der Waals surface area contributed by atoms with E-state index in [0.717, 1.165) is 60.0 Å². The first-order chi connectivity index (χ1) is 18.1. The van der Waals surface area contributed by atoms with Gasteiger partial charge in [-0.1, -0.05) is 0 Å². The van der Waals surface area contributed by atoms with Gasteiger partial charge < -0.3 is 24.3 Å². The molecule has 10 nitrogen and oxygen atoms in total. The highest BCUT2D eigenvalue weighted by atomic mass is 16.5. The zero-order chi connectivity index (χ0) is 24.9. The smallest absolute Gasteiger partial charge is 0.226 e. The molecule has 5 aromatic rings. The van der Waals surface area contributed by atoms with E-state index >= 15 is 0 Å². The van der Waals surface area contributed by atoms with Crippen LogP contribution < -0.4 is 15.0 Å². The van der Waals surface area contributed by atoms with Gasteiger partial charge in [0.15, 0.2) is 5.82 Å². The van der Waals surface area contributed by atoms with Crippen LogP contribution in [0.2, 0.25) is 0 Å². The average molecular weight is 495 g/mol. The molecule has 2 aliphatic heterocycles. The maximum Gasteiger partial charge on any atom is 0.226 e. The molecule has 2 aromatic carbocycles. The predicted molar refractivity (Wildman–Crippen MR) is 140 cm³/mol. The minimum absolute atomic E-state index is 0.340. The molecule has 1 N–H and O–H groups in total. The fourth-order valence-corrected chi connectivity index (χ4v) is 5.29. The second kappa shape index (κ2) is 8.67. The monoisotopic (exact) mass is 494 g/mol. The fourth-order valence-electron chi connectivity index (χ4n) is 5.29. The van der Waals surface area contributed by atoms with E-state index in [9.17, 15) is 0 Å². The van der Waals surface area contributed by atoms with Crippen molar-refractivity contribution in [2.75, 3.05) is 30.0 Å². The zero-order valence-corrected chi connectivity index (χ0v) is 20.6. The lowest BCUT2D eigenvalue weighted by Crippen LogP contribution is -2.34. The highest BCUT2D eigenvalue weighted by Gasteiger charge is 2.39. The van der Waals surface area contributed by atoms with E-state index in [1.54, 1.807) is 12.5 Å². The van der Waals surface area contributed by atoms with Gasteiger partial charge in [0, 0.05) is 31.3 Å². The number of ether oxygens (including phenoxy) is 2. The Kier molecular flexibility index (Phi) is 5.14. The summed E-state index contributed by atoms with van der Waals surface area (Å²) in [7, 11) is 1.98. The number of hydrogen-bond acceptors (Lipinski definition) is 9. The van der Waals surface area contributed by atoms with Gasteiger partial charge in [0.1, 0.15) is 28.9 Å². The van der Waals surface area contributed by atoms with Gasteiger partial charge in [-0.3, -0.25) is 0 Å². The fraction of sp³-hybridized carbons (Fsp3) is 0.296. The molecule has 37 heavy (non-hydrogen) atoms. The van der Waals surface area contributed by atoms with Gasteiger partial charge in [0.25, 0.3) is 0 Å². The van der Waals surface area contributed by atoms with Gasteiger partial charge in [-0.2, -0.15) is 0 Å². The van der Waals surface area contributed by atoms with Crippen LogP contribution in [0.1, 0.15) is 12.0 Å². The van der Waals surface area contributed by atoms with Crippen molar-refractivity contribution in [2.24, 2.45) is 13.0 Å². The third-order valence-electron chi connectivity index (χ3n) is 7.29. The van der Waals surface area contributed by atoms with Crippen LogP contribution in [-0.2, 0) is 11.8 Å². The van der Waals surface area contributed by atoms with Gasteiger partial charge in [-0.05, 0) is 49.2 Å². The topological polar surface area (TPSA) is 103 Å². The van der Waals surface area contributed by atoms with E-state index in [-0.39, 0.29) is 0 Å². The minimum atomic E-state index is 0.340. The number of fused-ring (bicyclic) bond motifs is 3. The Morgan fingerprint density at radius 2 is 1.97 bits per heavy atom. The summed E-state index contributed by atoms with van der Waals surface area (Å²) in [5, 5.41) is 3.42. The highest BCUT2D eigenvalue weighted by Crippen LogP contribution is 2.34. The molecule has 0 bridgehead atoms. The van der Waals surface area contributed by atoms with Crippen LogP contribution in [0.25, 0.3) is 22.1 Å². The lowest BCUT2D eigenvalue weighted by Gasteiger charge is -2.22. The molecule has 0 saturated carbocycles. The van der Waals surface area contributed by atoms with Crippen LogP contribution in [0, 0.1) is 12.8 Å². The standard InChI is InChI=1S/C27H26N8O2/c1-16-9-18(3-6-24(16)37-19-4-5-22-20(10-19)31-15-34(22)2)32-26-25-21(29-14-30-26)11-28-27(33-25)35-8-7-17-12-36-13-23(17)35/h3-6,9-11,14-15,17,23H,7-8,12-13H2,1-2H3,(H,29,30,32). The molecule has 2 unspecified atom stereocenters. The number of rotatable bonds is 5. The zero-order valence-electron chi connectivity index (χ0n) is 20.6. The quantitative estimate of drug-likeness (QED) is 0.381. The van der Waals surface area contributed by atoms with E-state index in [2.05, 4.69) is 30.2 Å². The molecule has 2 aliphatic rings. The molecule has 10 heteroatoms. The maximum atomic E-state index is 6.17. The third kappa shape index (κ3) is 3.89. The molecule has 5 heterocycles. The summed E-state index contributed by atoms with van der Waals surface area (Å²) in [5.74, 6) is 3.42. The van der Waals surface area contributed by atoms with Crippen LogP contribution in [0.5, 0.6) is 11.5 Å². The first-order valence-electron chi connectivity index (χ1n) is 12.4. The van der Waals surface area contributed by atoms with Crippen molar-refractivity contribution in [3.8, 4) is 11.5 Å². The molecule has 0 aliphatic carbocycles. The van der Waals surface area contributed by atoms with Gasteiger partial charge in [-0.15, -0.1) is 0 Å². The summed E-state index contributed by atoms with van der Waals surface area (Å²) < 4.78 is 13.8. The molecule has 0 radical (unpaired) electrons. The predicted octanol–water partition coefficient (Wildman–Crippen LogP) is 4.38. The molecule has 2 fully saturated rings. The molecule has 186 valence electrons. The summed E-state index contributed by atoms with van der Waals surface area (Å²) in [6, 6.07) is 12.2. The van der Waals surface area contributed by atoms with Crippen molar-refractivity contribution in [1.29, 1.82) is 0 Å². The van der Waals surface area contributed by atoms with Crippen molar-refractivity contribution < 1.29 is 9.47 Å². The third-order valence-corrected chi connectivity index (χ3v) is 7.29. The van der Waals surface area contributed by atoms with Crippen LogP contribution >= 0.6 is 0 Å². The van der Waals surface area contributed by atoms with Gasteiger partial charge in [0.2, 0.25) is 5.95 Å². The Morgan fingerprint density at radius 3 is 2.89 bits per heavy atom. The van der Waals surface area contributed by atoms with Crippen molar-refractivity contribution in [1.82, 2.24) is 29.5 Å². The first-order valence-corrected chi connectivity index (χ1v) is 12.4. The number of imidazole rings is 1. The molecule has 0 amide bonds. The van der Waals surface area contributed by atoms with E-state index in [4.69, 9.17) is 14.5 Å².